The van der Waals surface area contributed by atoms with Gasteiger partial charge in [0.05, 0.1) is 13.2 Å². The van der Waals surface area contributed by atoms with E-state index in [1.807, 2.05) is 4.90 Å². The van der Waals surface area contributed by atoms with E-state index in [2.05, 4.69) is 10.4 Å². The standard InChI is InChI=1S/C16H17ClN4O3/c17-12-2-1-3-13(10-12)18-15(22)11-21-16(23)5-4-14(19-21)20-6-8-24-9-7-20/h1-5,10H,6-9,11H2,(H,18,22). The predicted molar refractivity (Wildman–Crippen MR) is 91.6 cm³/mol. The molecule has 1 saturated heterocycles. The van der Waals surface area contributed by atoms with Crippen LogP contribution in [-0.4, -0.2) is 42.0 Å². The molecule has 0 spiro atoms. The Morgan fingerprint density at radius 2 is 2.04 bits per heavy atom. The number of rotatable bonds is 4. The largest absolute Gasteiger partial charge is 0.378 e. The number of hydrogen-bond donors (Lipinski definition) is 1. The van der Waals surface area contributed by atoms with Gasteiger partial charge in [-0.1, -0.05) is 17.7 Å². The summed E-state index contributed by atoms with van der Waals surface area (Å²) in [4.78, 5) is 26.1. The summed E-state index contributed by atoms with van der Waals surface area (Å²) in [5, 5.41) is 7.51. The van der Waals surface area contributed by atoms with Gasteiger partial charge in [0.1, 0.15) is 12.4 Å². The predicted octanol–water partition coefficient (Wildman–Crippen LogP) is 1.37. The lowest BCUT2D eigenvalue weighted by Crippen LogP contribution is -2.38. The van der Waals surface area contributed by atoms with Crippen molar-refractivity contribution in [3.63, 3.8) is 0 Å². The molecule has 1 fully saturated rings. The summed E-state index contributed by atoms with van der Waals surface area (Å²) in [5.41, 5.74) is 0.248. The molecule has 0 bridgehead atoms. The maximum absolute atomic E-state index is 12.1. The first kappa shape index (κ1) is 16.5. The Labute approximate surface area is 143 Å². The van der Waals surface area contributed by atoms with Gasteiger partial charge in [-0.2, -0.15) is 5.10 Å². The smallest absolute Gasteiger partial charge is 0.267 e. The van der Waals surface area contributed by atoms with Gasteiger partial charge in [-0.25, -0.2) is 4.68 Å². The summed E-state index contributed by atoms with van der Waals surface area (Å²) in [7, 11) is 0. The summed E-state index contributed by atoms with van der Waals surface area (Å²) in [6.45, 7) is 2.50. The third-order valence-electron chi connectivity index (χ3n) is 3.59. The van der Waals surface area contributed by atoms with E-state index in [1.165, 1.54) is 6.07 Å². The minimum absolute atomic E-state index is 0.163. The van der Waals surface area contributed by atoms with Crippen LogP contribution in [0.3, 0.4) is 0 Å². The highest BCUT2D eigenvalue weighted by atomic mass is 35.5. The van der Waals surface area contributed by atoms with Crippen molar-refractivity contribution in [3.05, 3.63) is 51.8 Å². The van der Waals surface area contributed by atoms with Crippen LogP contribution >= 0.6 is 11.6 Å². The molecule has 1 aliphatic rings. The number of amides is 1. The Hall–Kier alpha value is -2.38. The van der Waals surface area contributed by atoms with Gasteiger partial charge in [0.25, 0.3) is 5.56 Å². The quantitative estimate of drug-likeness (QED) is 0.903. The van der Waals surface area contributed by atoms with Crippen LogP contribution in [0.4, 0.5) is 11.5 Å². The number of anilines is 2. The number of morpholine rings is 1. The van der Waals surface area contributed by atoms with Gasteiger partial charge in [0.15, 0.2) is 0 Å². The molecular formula is C16H17ClN4O3. The Balaban J connectivity index is 1.71. The lowest BCUT2D eigenvalue weighted by Gasteiger charge is -2.27. The Morgan fingerprint density at radius 1 is 1.25 bits per heavy atom. The van der Waals surface area contributed by atoms with Gasteiger partial charge in [0.2, 0.25) is 5.91 Å². The van der Waals surface area contributed by atoms with Crippen LogP contribution < -0.4 is 15.8 Å². The highest BCUT2D eigenvalue weighted by Crippen LogP contribution is 2.15. The van der Waals surface area contributed by atoms with Crippen molar-refractivity contribution in [2.45, 2.75) is 6.54 Å². The van der Waals surface area contributed by atoms with Gasteiger partial charge < -0.3 is 15.0 Å². The summed E-state index contributed by atoms with van der Waals surface area (Å²) < 4.78 is 6.46. The lowest BCUT2D eigenvalue weighted by atomic mass is 10.3. The fourth-order valence-electron chi connectivity index (χ4n) is 2.42. The second-order valence-corrected chi connectivity index (χ2v) is 5.78. The summed E-state index contributed by atoms with van der Waals surface area (Å²) >= 11 is 5.89. The number of carbonyl (C=O) groups is 1. The van der Waals surface area contributed by atoms with E-state index in [-0.39, 0.29) is 18.0 Å². The van der Waals surface area contributed by atoms with Gasteiger partial charge >= 0.3 is 0 Å². The molecule has 0 saturated carbocycles. The molecule has 0 atom stereocenters. The lowest BCUT2D eigenvalue weighted by molar-refractivity contribution is -0.117. The number of ether oxygens (including phenoxy) is 1. The molecule has 24 heavy (non-hydrogen) atoms. The van der Waals surface area contributed by atoms with Crippen LogP contribution in [0.15, 0.2) is 41.2 Å². The van der Waals surface area contributed by atoms with Crippen LogP contribution in [-0.2, 0) is 16.1 Å². The molecule has 0 unspecified atom stereocenters. The van der Waals surface area contributed by atoms with Crippen LogP contribution in [0.25, 0.3) is 0 Å². The molecule has 1 amide bonds. The van der Waals surface area contributed by atoms with Crippen molar-refractivity contribution in [3.8, 4) is 0 Å². The first-order valence-corrected chi connectivity index (χ1v) is 7.96. The van der Waals surface area contributed by atoms with E-state index < -0.39 is 0 Å². The van der Waals surface area contributed by atoms with Crippen LogP contribution in [0.2, 0.25) is 5.02 Å². The highest BCUT2D eigenvalue weighted by Gasteiger charge is 2.14. The maximum atomic E-state index is 12.1. The topological polar surface area (TPSA) is 76.5 Å². The molecule has 8 heteroatoms. The molecule has 1 aromatic heterocycles. The summed E-state index contributed by atoms with van der Waals surface area (Å²) in [5.74, 6) is 0.319. The molecular weight excluding hydrogens is 332 g/mol. The van der Waals surface area contributed by atoms with E-state index in [0.717, 1.165) is 4.68 Å². The SMILES string of the molecule is O=C(Cn1nc(N2CCOCC2)ccc1=O)Nc1cccc(Cl)c1. The van der Waals surface area contributed by atoms with E-state index in [9.17, 15) is 9.59 Å². The third kappa shape index (κ3) is 4.12. The zero-order valence-corrected chi connectivity index (χ0v) is 13.7. The van der Waals surface area contributed by atoms with Gasteiger partial charge in [0, 0.05) is 29.9 Å². The monoisotopic (exact) mass is 348 g/mol. The van der Waals surface area contributed by atoms with Crippen molar-refractivity contribution in [1.82, 2.24) is 9.78 Å². The fourth-order valence-corrected chi connectivity index (χ4v) is 2.61. The normalized spacial score (nSPS) is 14.5. The summed E-state index contributed by atoms with van der Waals surface area (Å²) in [6, 6.07) is 9.91. The minimum Gasteiger partial charge on any atom is -0.378 e. The second kappa shape index (κ2) is 7.46. The minimum atomic E-state index is -0.342. The molecule has 2 aromatic rings. The fraction of sp³-hybridized carbons (Fsp3) is 0.312. The number of halogens is 1. The molecule has 0 radical (unpaired) electrons. The van der Waals surface area contributed by atoms with Crippen molar-refractivity contribution < 1.29 is 9.53 Å². The zero-order chi connectivity index (χ0) is 16.9. The third-order valence-corrected chi connectivity index (χ3v) is 3.82. The number of benzene rings is 1. The van der Waals surface area contributed by atoms with E-state index in [0.29, 0.717) is 42.8 Å². The number of carbonyl (C=O) groups excluding carboxylic acids is 1. The Morgan fingerprint density at radius 3 is 2.79 bits per heavy atom. The van der Waals surface area contributed by atoms with Gasteiger partial charge in [-0.05, 0) is 24.3 Å². The summed E-state index contributed by atoms with van der Waals surface area (Å²) in [6.07, 6.45) is 0. The van der Waals surface area contributed by atoms with Gasteiger partial charge in [-0.15, -0.1) is 0 Å². The first-order valence-electron chi connectivity index (χ1n) is 7.58. The van der Waals surface area contributed by atoms with E-state index in [4.69, 9.17) is 16.3 Å². The first-order chi connectivity index (χ1) is 11.6. The molecule has 126 valence electrons. The molecule has 3 rings (SSSR count). The Kier molecular flexibility index (Phi) is 5.12. The highest BCUT2D eigenvalue weighted by molar-refractivity contribution is 6.30. The molecule has 1 aliphatic heterocycles. The molecule has 2 heterocycles. The molecule has 1 N–H and O–H groups in total. The van der Waals surface area contributed by atoms with Crippen molar-refractivity contribution in [1.29, 1.82) is 0 Å². The van der Waals surface area contributed by atoms with E-state index in [1.54, 1.807) is 30.3 Å². The molecule has 0 aliphatic carbocycles. The average Bonchev–Trinajstić information content (AvgIpc) is 2.57. The van der Waals surface area contributed by atoms with Gasteiger partial charge in [-0.3, -0.25) is 9.59 Å². The number of aromatic nitrogens is 2. The van der Waals surface area contributed by atoms with Crippen molar-refractivity contribution >= 4 is 29.0 Å². The zero-order valence-electron chi connectivity index (χ0n) is 12.9. The Bertz CT molecular complexity index is 787. The second-order valence-electron chi connectivity index (χ2n) is 5.35. The number of nitrogens with one attached hydrogen (secondary N) is 1. The van der Waals surface area contributed by atoms with Crippen molar-refractivity contribution in [2.24, 2.45) is 0 Å². The molecule has 1 aromatic carbocycles. The van der Waals surface area contributed by atoms with Crippen LogP contribution in [0, 0.1) is 0 Å². The average molecular weight is 349 g/mol. The van der Waals surface area contributed by atoms with Crippen LogP contribution in [0.1, 0.15) is 0 Å². The maximum Gasteiger partial charge on any atom is 0.267 e. The molecule has 7 nitrogen and oxygen atoms in total. The van der Waals surface area contributed by atoms with E-state index >= 15 is 0 Å². The van der Waals surface area contributed by atoms with Crippen molar-refractivity contribution in [2.75, 3.05) is 36.5 Å². The number of nitrogens with zero attached hydrogens (tertiary/aromatic N) is 3. The number of hydrogen-bond acceptors (Lipinski definition) is 5. The van der Waals surface area contributed by atoms with Crippen LogP contribution in [0.5, 0.6) is 0 Å².